The molecule has 0 saturated carbocycles. The van der Waals surface area contributed by atoms with Crippen molar-refractivity contribution in [2.24, 2.45) is 0 Å². The SMILES string of the molecule is CN(CC(F)(F)F)S(=O)(=O)c1cc(Br)cnc1Cl. The topological polar surface area (TPSA) is 50.3 Å². The Bertz CT molecular complexity index is 550. The Morgan fingerprint density at radius 1 is 1.50 bits per heavy atom. The molecule has 0 aliphatic heterocycles. The molecule has 0 N–H and O–H groups in total. The predicted octanol–water partition coefficient (Wildman–Crippen LogP) is 2.68. The molecular formula is C8H7BrClF3N2O2S. The average Bonchev–Trinajstić information content (AvgIpc) is 2.19. The van der Waals surface area contributed by atoms with Gasteiger partial charge in [0.15, 0.2) is 0 Å². The summed E-state index contributed by atoms with van der Waals surface area (Å²) in [4.78, 5) is 3.07. The molecule has 0 fully saturated rings. The monoisotopic (exact) mass is 366 g/mol. The molecule has 0 aliphatic rings. The number of halogens is 5. The second kappa shape index (κ2) is 5.32. The van der Waals surface area contributed by atoms with E-state index in [9.17, 15) is 21.6 Å². The van der Waals surface area contributed by atoms with Crippen LogP contribution < -0.4 is 0 Å². The first-order valence-corrected chi connectivity index (χ1v) is 6.99. The zero-order valence-electron chi connectivity index (χ0n) is 8.87. The van der Waals surface area contributed by atoms with Gasteiger partial charge in [-0.25, -0.2) is 13.4 Å². The molecule has 4 nitrogen and oxygen atoms in total. The first-order valence-electron chi connectivity index (χ1n) is 4.38. The van der Waals surface area contributed by atoms with Gasteiger partial charge in [-0.05, 0) is 22.0 Å². The number of pyridine rings is 1. The van der Waals surface area contributed by atoms with Crippen LogP contribution in [0.5, 0.6) is 0 Å². The molecule has 0 aromatic carbocycles. The molecule has 102 valence electrons. The van der Waals surface area contributed by atoms with Gasteiger partial charge in [0, 0.05) is 17.7 Å². The second-order valence-corrected chi connectivity index (χ2v) is 6.61. The summed E-state index contributed by atoms with van der Waals surface area (Å²) in [6.45, 7) is -1.60. The van der Waals surface area contributed by atoms with Crippen LogP contribution in [-0.2, 0) is 10.0 Å². The van der Waals surface area contributed by atoms with Gasteiger partial charge >= 0.3 is 6.18 Å². The maximum atomic E-state index is 12.2. The van der Waals surface area contributed by atoms with E-state index in [0.29, 0.717) is 4.47 Å². The quantitative estimate of drug-likeness (QED) is 0.772. The minimum atomic E-state index is -4.63. The maximum Gasteiger partial charge on any atom is 0.402 e. The van der Waals surface area contributed by atoms with Crippen molar-refractivity contribution in [3.05, 3.63) is 21.9 Å². The lowest BCUT2D eigenvalue weighted by molar-refractivity contribution is -0.134. The molecule has 0 amide bonds. The third kappa shape index (κ3) is 3.81. The maximum absolute atomic E-state index is 12.2. The van der Waals surface area contributed by atoms with E-state index in [2.05, 4.69) is 20.9 Å². The summed E-state index contributed by atoms with van der Waals surface area (Å²) in [6.07, 6.45) is -3.39. The van der Waals surface area contributed by atoms with Crippen LogP contribution in [0.15, 0.2) is 21.6 Å². The van der Waals surface area contributed by atoms with Crippen molar-refractivity contribution in [1.82, 2.24) is 9.29 Å². The van der Waals surface area contributed by atoms with Gasteiger partial charge in [0.1, 0.15) is 16.6 Å². The van der Waals surface area contributed by atoms with E-state index in [1.54, 1.807) is 0 Å². The number of nitrogens with zero attached hydrogens (tertiary/aromatic N) is 2. The van der Waals surface area contributed by atoms with Gasteiger partial charge in [0.2, 0.25) is 10.0 Å². The first kappa shape index (κ1) is 15.7. The van der Waals surface area contributed by atoms with Crippen LogP contribution in [0.3, 0.4) is 0 Å². The fourth-order valence-corrected chi connectivity index (χ4v) is 3.16. The van der Waals surface area contributed by atoms with Crippen molar-refractivity contribution in [1.29, 1.82) is 0 Å². The Kier molecular flexibility index (Phi) is 4.63. The van der Waals surface area contributed by atoms with Gasteiger partial charge < -0.3 is 0 Å². The van der Waals surface area contributed by atoms with Crippen LogP contribution in [0, 0.1) is 0 Å². The average molecular weight is 368 g/mol. The van der Waals surface area contributed by atoms with Crippen LogP contribution >= 0.6 is 27.5 Å². The van der Waals surface area contributed by atoms with Crippen molar-refractivity contribution >= 4 is 37.6 Å². The van der Waals surface area contributed by atoms with E-state index >= 15 is 0 Å². The molecule has 1 aromatic heterocycles. The summed E-state index contributed by atoms with van der Waals surface area (Å²) < 4.78 is 60.7. The number of sulfonamides is 1. The summed E-state index contributed by atoms with van der Waals surface area (Å²) in [6, 6.07) is 1.09. The van der Waals surface area contributed by atoms with Crippen LogP contribution in [0.4, 0.5) is 13.2 Å². The van der Waals surface area contributed by atoms with Crippen LogP contribution in [0.2, 0.25) is 5.15 Å². The van der Waals surface area contributed by atoms with Gasteiger partial charge in [0.25, 0.3) is 0 Å². The lowest BCUT2D eigenvalue weighted by Crippen LogP contribution is -2.36. The fraction of sp³-hybridized carbons (Fsp3) is 0.375. The van der Waals surface area contributed by atoms with E-state index in [0.717, 1.165) is 13.1 Å². The highest BCUT2D eigenvalue weighted by Crippen LogP contribution is 2.27. The summed E-state index contributed by atoms with van der Waals surface area (Å²) in [5.41, 5.74) is 0. The summed E-state index contributed by atoms with van der Waals surface area (Å²) in [5, 5.41) is -0.382. The van der Waals surface area contributed by atoms with E-state index < -0.39 is 27.6 Å². The highest BCUT2D eigenvalue weighted by Gasteiger charge is 2.35. The Morgan fingerprint density at radius 3 is 2.56 bits per heavy atom. The Morgan fingerprint density at radius 2 is 2.06 bits per heavy atom. The normalized spacial score (nSPS) is 13.1. The number of hydrogen-bond donors (Lipinski definition) is 0. The van der Waals surface area contributed by atoms with Crippen molar-refractivity contribution in [3.63, 3.8) is 0 Å². The molecule has 0 atom stereocenters. The number of alkyl halides is 3. The number of hydrogen-bond acceptors (Lipinski definition) is 3. The molecule has 0 spiro atoms. The molecule has 0 unspecified atom stereocenters. The molecule has 1 aromatic rings. The Labute approximate surface area is 115 Å². The highest BCUT2D eigenvalue weighted by molar-refractivity contribution is 9.10. The molecule has 18 heavy (non-hydrogen) atoms. The molecule has 0 radical (unpaired) electrons. The van der Waals surface area contributed by atoms with Crippen molar-refractivity contribution < 1.29 is 21.6 Å². The third-order valence-electron chi connectivity index (χ3n) is 1.86. The van der Waals surface area contributed by atoms with Crippen LogP contribution in [-0.4, -0.2) is 37.5 Å². The van der Waals surface area contributed by atoms with E-state index in [1.165, 1.54) is 6.20 Å². The molecule has 1 rings (SSSR count). The summed E-state index contributed by atoms with van der Waals surface area (Å²) >= 11 is 8.55. The largest absolute Gasteiger partial charge is 0.402 e. The van der Waals surface area contributed by atoms with E-state index in [1.807, 2.05) is 0 Å². The molecular weight excluding hydrogens is 361 g/mol. The highest BCUT2D eigenvalue weighted by atomic mass is 79.9. The van der Waals surface area contributed by atoms with E-state index in [4.69, 9.17) is 11.6 Å². The molecule has 0 aliphatic carbocycles. The second-order valence-electron chi connectivity index (χ2n) is 3.32. The van der Waals surface area contributed by atoms with Gasteiger partial charge in [-0.2, -0.15) is 17.5 Å². The minimum Gasteiger partial charge on any atom is -0.242 e. The van der Waals surface area contributed by atoms with Crippen molar-refractivity contribution in [3.8, 4) is 0 Å². The van der Waals surface area contributed by atoms with Gasteiger partial charge in [-0.1, -0.05) is 11.6 Å². The van der Waals surface area contributed by atoms with Crippen LogP contribution in [0.1, 0.15) is 0 Å². The number of aromatic nitrogens is 1. The summed E-state index contributed by atoms with van der Waals surface area (Å²) in [5.74, 6) is 0. The zero-order chi connectivity index (χ0) is 14.1. The first-order chi connectivity index (χ1) is 8.04. The predicted molar refractivity (Wildman–Crippen MR) is 62.8 cm³/mol. The Hall–Kier alpha value is -0.380. The smallest absolute Gasteiger partial charge is 0.242 e. The molecule has 0 bridgehead atoms. The van der Waals surface area contributed by atoms with Gasteiger partial charge in [-0.15, -0.1) is 0 Å². The lowest BCUT2D eigenvalue weighted by Gasteiger charge is -2.19. The number of rotatable bonds is 3. The lowest BCUT2D eigenvalue weighted by atomic mass is 10.5. The van der Waals surface area contributed by atoms with Gasteiger partial charge in [-0.3, -0.25) is 0 Å². The minimum absolute atomic E-state index is 0.169. The Balaban J connectivity index is 3.17. The molecule has 10 heteroatoms. The van der Waals surface area contributed by atoms with Crippen LogP contribution in [0.25, 0.3) is 0 Å². The molecule has 0 saturated heterocycles. The van der Waals surface area contributed by atoms with E-state index in [-0.39, 0.29) is 9.46 Å². The van der Waals surface area contributed by atoms with Crippen molar-refractivity contribution in [2.75, 3.05) is 13.6 Å². The third-order valence-corrected chi connectivity index (χ3v) is 4.53. The standard InChI is InChI=1S/C8H7BrClF3N2O2S/c1-15(4-8(11,12)13)18(16,17)6-2-5(9)3-14-7(6)10/h2-3H,4H2,1H3. The zero-order valence-corrected chi connectivity index (χ0v) is 12.0. The molecule has 1 heterocycles. The summed E-state index contributed by atoms with van der Waals surface area (Å²) in [7, 11) is -3.52. The van der Waals surface area contributed by atoms with Gasteiger partial charge in [0.05, 0.1) is 0 Å². The fourth-order valence-electron chi connectivity index (χ4n) is 1.09. The van der Waals surface area contributed by atoms with Crippen molar-refractivity contribution in [2.45, 2.75) is 11.1 Å².